The quantitative estimate of drug-likeness (QED) is 0.882. The highest BCUT2D eigenvalue weighted by molar-refractivity contribution is 7.16. The fraction of sp³-hybridized carbons (Fsp3) is 0.588. The second-order valence-electron chi connectivity index (χ2n) is 6.47. The van der Waals surface area contributed by atoms with Crippen LogP contribution in [0.15, 0.2) is 6.20 Å². The van der Waals surface area contributed by atoms with Gasteiger partial charge >= 0.3 is 0 Å². The number of aromatic nitrogens is 3. The second kappa shape index (κ2) is 7.23. The van der Waals surface area contributed by atoms with E-state index in [1.807, 2.05) is 17.9 Å². The molecule has 3 heterocycles. The summed E-state index contributed by atoms with van der Waals surface area (Å²) < 4.78 is 13.0. The minimum Gasteiger partial charge on any atom is -0.376 e. The topological polar surface area (TPSA) is 78.3 Å². The Kier molecular flexibility index (Phi) is 4.82. The van der Waals surface area contributed by atoms with Gasteiger partial charge in [-0.3, -0.25) is 14.8 Å². The van der Waals surface area contributed by atoms with Crippen molar-refractivity contribution in [1.82, 2.24) is 14.8 Å². The third-order valence-electron chi connectivity index (χ3n) is 4.66. The molecule has 1 aliphatic carbocycles. The van der Waals surface area contributed by atoms with Gasteiger partial charge < -0.3 is 9.47 Å². The number of thiazole rings is 1. The molecule has 0 radical (unpaired) electrons. The predicted molar refractivity (Wildman–Crippen MR) is 94.8 cm³/mol. The lowest BCUT2D eigenvalue weighted by Crippen LogP contribution is -2.27. The molecule has 1 atom stereocenters. The molecule has 2 aliphatic rings. The molecule has 0 unspecified atom stereocenters. The summed E-state index contributed by atoms with van der Waals surface area (Å²) in [6.45, 7) is 1.30. The zero-order valence-electron chi connectivity index (χ0n) is 14.3. The Morgan fingerprint density at radius 1 is 1.48 bits per heavy atom. The third-order valence-corrected chi connectivity index (χ3v) is 5.69. The molecule has 1 saturated heterocycles. The van der Waals surface area contributed by atoms with E-state index in [0.29, 0.717) is 11.7 Å². The Morgan fingerprint density at radius 2 is 2.40 bits per heavy atom. The number of hydrogen-bond acceptors (Lipinski definition) is 6. The van der Waals surface area contributed by atoms with Gasteiger partial charge in [-0.1, -0.05) is 0 Å². The molecule has 1 N–H and O–H groups in total. The lowest BCUT2D eigenvalue weighted by molar-refractivity contribution is -0.122. The maximum absolute atomic E-state index is 12.1. The number of rotatable bonds is 5. The Labute approximate surface area is 150 Å². The minimum atomic E-state index is -0.173. The highest BCUT2D eigenvalue weighted by atomic mass is 32.1. The molecule has 0 aromatic carbocycles. The largest absolute Gasteiger partial charge is 0.376 e. The van der Waals surface area contributed by atoms with E-state index in [2.05, 4.69) is 15.4 Å². The van der Waals surface area contributed by atoms with Gasteiger partial charge in [0.15, 0.2) is 5.13 Å². The third kappa shape index (κ3) is 3.61. The number of nitrogens with one attached hydrogen (secondary N) is 1. The summed E-state index contributed by atoms with van der Waals surface area (Å²) in [4.78, 5) is 17.9. The van der Waals surface area contributed by atoms with Gasteiger partial charge in [-0.2, -0.15) is 5.10 Å². The van der Waals surface area contributed by atoms with Gasteiger partial charge in [0.2, 0.25) is 0 Å². The van der Waals surface area contributed by atoms with Crippen molar-refractivity contribution in [2.45, 2.75) is 38.2 Å². The summed E-state index contributed by atoms with van der Waals surface area (Å²) in [7, 11) is 1.95. The lowest BCUT2D eigenvalue weighted by Gasteiger charge is -2.22. The molecule has 2 aromatic heterocycles. The molecule has 134 valence electrons. The fourth-order valence-corrected chi connectivity index (χ4v) is 4.34. The van der Waals surface area contributed by atoms with Crippen LogP contribution in [0.4, 0.5) is 5.13 Å². The Balaban J connectivity index is 1.33. The number of nitrogens with zero attached hydrogens (tertiary/aromatic N) is 3. The summed E-state index contributed by atoms with van der Waals surface area (Å²) in [6, 6.07) is 0. The van der Waals surface area contributed by atoms with Crippen LogP contribution in [-0.4, -0.2) is 46.6 Å². The van der Waals surface area contributed by atoms with Crippen molar-refractivity contribution in [2.75, 3.05) is 25.1 Å². The van der Waals surface area contributed by atoms with Crippen LogP contribution in [0.1, 0.15) is 29.8 Å². The molecule has 1 amide bonds. The maximum Gasteiger partial charge on any atom is 0.252 e. The van der Waals surface area contributed by atoms with Gasteiger partial charge in [-0.15, -0.1) is 11.3 Å². The summed E-state index contributed by atoms with van der Waals surface area (Å²) in [5, 5.41) is 7.79. The number of carbonyl (C=O) groups is 1. The minimum absolute atomic E-state index is 0.0300. The number of hydrogen-bond donors (Lipinski definition) is 1. The molecule has 7 nitrogen and oxygen atoms in total. The first-order valence-corrected chi connectivity index (χ1v) is 9.52. The lowest BCUT2D eigenvalue weighted by atomic mass is 10.0. The fourth-order valence-electron chi connectivity index (χ4n) is 3.35. The molecule has 0 spiro atoms. The van der Waals surface area contributed by atoms with Crippen LogP contribution in [0, 0.1) is 0 Å². The molecule has 8 heteroatoms. The summed E-state index contributed by atoms with van der Waals surface area (Å²) in [5.41, 5.74) is 3.23. The first-order valence-electron chi connectivity index (χ1n) is 8.71. The van der Waals surface area contributed by atoms with Crippen LogP contribution in [0.3, 0.4) is 0 Å². The van der Waals surface area contributed by atoms with Crippen molar-refractivity contribution in [3.8, 4) is 11.3 Å². The molecule has 25 heavy (non-hydrogen) atoms. The second-order valence-corrected chi connectivity index (χ2v) is 7.55. The highest BCUT2D eigenvalue weighted by Crippen LogP contribution is 2.37. The van der Waals surface area contributed by atoms with Crippen molar-refractivity contribution in [2.24, 2.45) is 7.05 Å². The van der Waals surface area contributed by atoms with Crippen LogP contribution in [-0.2, 0) is 34.2 Å². The average Bonchev–Trinajstić information content (AvgIpc) is 3.19. The van der Waals surface area contributed by atoms with Gasteiger partial charge in [0.25, 0.3) is 5.91 Å². The van der Waals surface area contributed by atoms with Gasteiger partial charge in [0, 0.05) is 29.8 Å². The molecular formula is C17H22N4O3S. The molecular weight excluding hydrogens is 340 g/mol. The number of amides is 1. The van der Waals surface area contributed by atoms with E-state index in [0.717, 1.165) is 43.5 Å². The smallest absolute Gasteiger partial charge is 0.252 e. The Hall–Kier alpha value is -1.77. The van der Waals surface area contributed by atoms with E-state index in [-0.39, 0.29) is 18.6 Å². The molecule has 0 bridgehead atoms. The van der Waals surface area contributed by atoms with Crippen molar-refractivity contribution in [3.05, 3.63) is 16.8 Å². The van der Waals surface area contributed by atoms with E-state index < -0.39 is 0 Å². The van der Waals surface area contributed by atoms with E-state index in [9.17, 15) is 4.79 Å². The summed E-state index contributed by atoms with van der Waals surface area (Å²) in [6.07, 6.45) is 7.16. The number of fused-ring (bicyclic) bond motifs is 3. The van der Waals surface area contributed by atoms with Crippen molar-refractivity contribution in [1.29, 1.82) is 0 Å². The van der Waals surface area contributed by atoms with Gasteiger partial charge in [-0.05, 0) is 32.1 Å². The summed E-state index contributed by atoms with van der Waals surface area (Å²) >= 11 is 1.54. The molecule has 2 aromatic rings. The normalized spacial score (nSPS) is 19.3. The zero-order chi connectivity index (χ0) is 17.2. The average molecular weight is 362 g/mol. The number of ether oxygens (including phenoxy) is 2. The van der Waals surface area contributed by atoms with Gasteiger partial charge in [-0.25, -0.2) is 4.98 Å². The first kappa shape index (κ1) is 16.7. The van der Waals surface area contributed by atoms with E-state index >= 15 is 0 Å². The van der Waals surface area contributed by atoms with Crippen LogP contribution < -0.4 is 5.32 Å². The number of anilines is 1. The van der Waals surface area contributed by atoms with Gasteiger partial charge in [0.1, 0.15) is 6.61 Å². The number of carbonyl (C=O) groups excluding carboxylic acids is 1. The van der Waals surface area contributed by atoms with Crippen molar-refractivity contribution in [3.63, 3.8) is 0 Å². The highest BCUT2D eigenvalue weighted by Gasteiger charge is 2.24. The van der Waals surface area contributed by atoms with E-state index in [4.69, 9.17) is 9.47 Å². The SMILES string of the molecule is Cn1ncc2c1CCc1sc(NC(=O)COC[C@@H]3CCCCO3)nc1-2. The Morgan fingerprint density at radius 3 is 3.24 bits per heavy atom. The van der Waals surface area contributed by atoms with Crippen LogP contribution in [0.2, 0.25) is 0 Å². The maximum atomic E-state index is 12.1. The van der Waals surface area contributed by atoms with Crippen LogP contribution >= 0.6 is 11.3 Å². The molecule has 1 fully saturated rings. The van der Waals surface area contributed by atoms with Gasteiger partial charge in [0.05, 0.1) is 24.6 Å². The van der Waals surface area contributed by atoms with Crippen LogP contribution in [0.25, 0.3) is 11.3 Å². The van der Waals surface area contributed by atoms with Crippen molar-refractivity contribution < 1.29 is 14.3 Å². The van der Waals surface area contributed by atoms with E-state index in [1.165, 1.54) is 28.3 Å². The Bertz CT molecular complexity index is 764. The molecule has 0 saturated carbocycles. The van der Waals surface area contributed by atoms with Crippen LogP contribution in [0.5, 0.6) is 0 Å². The molecule has 4 rings (SSSR count). The molecule has 1 aliphatic heterocycles. The first-order chi connectivity index (χ1) is 12.2. The monoisotopic (exact) mass is 362 g/mol. The standard InChI is InChI=1S/C17H22N4O3S/c1-21-13-5-6-14-16(12(13)8-18-21)20-17(25-14)19-15(22)10-23-9-11-4-2-3-7-24-11/h8,11H,2-7,9-10H2,1H3,(H,19,20,22)/t11-/m0/s1. The van der Waals surface area contributed by atoms with Crippen molar-refractivity contribution >= 4 is 22.4 Å². The zero-order valence-corrected chi connectivity index (χ0v) is 15.1. The summed E-state index contributed by atoms with van der Waals surface area (Å²) in [5.74, 6) is -0.173. The number of aryl methyl sites for hydroxylation is 2. The predicted octanol–water partition coefficient (Wildman–Crippen LogP) is 2.17. The van der Waals surface area contributed by atoms with E-state index in [1.54, 1.807) is 0 Å².